The molecule has 0 amide bonds. The molecule has 15 heavy (non-hydrogen) atoms. The van der Waals surface area contributed by atoms with E-state index in [1.54, 1.807) is 24.3 Å². The first kappa shape index (κ1) is 12.2. The zero-order chi connectivity index (χ0) is 11.3. The lowest BCUT2D eigenvalue weighted by Crippen LogP contribution is -2.23. The third-order valence-corrected chi connectivity index (χ3v) is 3.43. The van der Waals surface area contributed by atoms with Crippen molar-refractivity contribution in [2.45, 2.75) is 19.9 Å². The van der Waals surface area contributed by atoms with Gasteiger partial charge in [-0.15, -0.1) is 0 Å². The van der Waals surface area contributed by atoms with Crippen LogP contribution in [0.25, 0.3) is 0 Å². The Hall–Kier alpha value is -0.830. The van der Waals surface area contributed by atoms with Crippen LogP contribution >= 0.6 is 7.52 Å². The second-order valence-corrected chi connectivity index (χ2v) is 5.57. The van der Waals surface area contributed by atoms with E-state index in [9.17, 15) is 4.57 Å². The van der Waals surface area contributed by atoms with Crippen molar-refractivity contribution >= 4 is 7.52 Å². The van der Waals surface area contributed by atoms with Gasteiger partial charge >= 0.3 is 7.52 Å². The molecule has 0 spiro atoms. The minimum absolute atomic E-state index is 0.00769. The van der Waals surface area contributed by atoms with Gasteiger partial charge in [-0.3, -0.25) is 4.57 Å². The monoisotopic (exact) mass is 229 g/mol. The van der Waals surface area contributed by atoms with Gasteiger partial charge in [-0.05, 0) is 26.0 Å². The Morgan fingerprint density at radius 1 is 1.40 bits per heavy atom. The minimum Gasteiger partial charge on any atom is -0.431 e. The summed E-state index contributed by atoms with van der Waals surface area (Å²) < 4.78 is 17.2. The molecule has 1 atom stereocenters. The molecule has 2 N–H and O–H groups in total. The van der Waals surface area contributed by atoms with Crippen LogP contribution in [0, 0.1) is 0 Å². The highest BCUT2D eigenvalue weighted by molar-refractivity contribution is 7.57. The van der Waals surface area contributed by atoms with E-state index >= 15 is 0 Å². The molecule has 1 aromatic carbocycles. The van der Waals surface area contributed by atoms with Crippen molar-refractivity contribution in [1.29, 1.82) is 0 Å². The van der Waals surface area contributed by atoms with Gasteiger partial charge in [-0.2, -0.15) is 0 Å². The van der Waals surface area contributed by atoms with Crippen LogP contribution in [-0.4, -0.2) is 17.5 Å². The van der Waals surface area contributed by atoms with Crippen molar-refractivity contribution in [3.8, 4) is 5.75 Å². The maximum absolute atomic E-state index is 12.0. The first-order valence-electron chi connectivity index (χ1n) is 4.78. The number of benzene rings is 1. The minimum atomic E-state index is -3.17. The molecule has 0 aliphatic heterocycles. The van der Waals surface area contributed by atoms with E-state index < -0.39 is 13.9 Å². The fraction of sp³-hybridized carbons (Fsp3) is 0.400. The van der Waals surface area contributed by atoms with Crippen LogP contribution in [0.4, 0.5) is 0 Å². The van der Waals surface area contributed by atoms with E-state index in [0.717, 1.165) is 0 Å². The summed E-state index contributed by atoms with van der Waals surface area (Å²) in [4.78, 5) is 0. The maximum Gasteiger partial charge on any atom is 0.341 e. The van der Waals surface area contributed by atoms with Gasteiger partial charge in [0.1, 0.15) is 12.1 Å². The third-order valence-electron chi connectivity index (χ3n) is 1.64. The number of hydrogen-bond acceptors (Lipinski definition) is 3. The topological polar surface area (TPSA) is 58.6 Å². The Morgan fingerprint density at radius 3 is 2.47 bits per heavy atom. The molecule has 0 aromatic heterocycles. The predicted octanol–water partition coefficient (Wildman–Crippen LogP) is 2.21. The predicted molar refractivity (Wildman–Crippen MR) is 60.0 cm³/mol. The highest BCUT2D eigenvalue weighted by Crippen LogP contribution is 2.42. The summed E-state index contributed by atoms with van der Waals surface area (Å²) in [5, 5.41) is 11.8. The summed E-state index contributed by atoms with van der Waals surface area (Å²) >= 11 is 0. The average Bonchev–Trinajstić information content (AvgIpc) is 2.18. The van der Waals surface area contributed by atoms with Gasteiger partial charge in [0.05, 0.1) is 0 Å². The second-order valence-electron chi connectivity index (χ2n) is 3.50. The van der Waals surface area contributed by atoms with Crippen LogP contribution in [0.5, 0.6) is 5.75 Å². The SMILES string of the molecule is CC(C)N[P@@](=O)(CO)Oc1ccccc1. The zero-order valence-electron chi connectivity index (χ0n) is 8.88. The van der Waals surface area contributed by atoms with Crippen LogP contribution in [0.2, 0.25) is 0 Å². The maximum atomic E-state index is 12.0. The fourth-order valence-electron chi connectivity index (χ4n) is 1.14. The van der Waals surface area contributed by atoms with Gasteiger partial charge in [0.15, 0.2) is 0 Å². The molecule has 0 unspecified atom stereocenters. The summed E-state index contributed by atoms with van der Waals surface area (Å²) in [7, 11) is -3.17. The molecule has 4 nitrogen and oxygen atoms in total. The first-order chi connectivity index (χ1) is 7.06. The summed E-state index contributed by atoms with van der Waals surface area (Å²) in [6.45, 7) is 3.69. The lowest BCUT2D eigenvalue weighted by Gasteiger charge is -2.20. The lowest BCUT2D eigenvalue weighted by molar-refractivity contribution is 0.328. The standard InChI is InChI=1S/C10H16NO3P/c1-9(2)11-15(13,8-12)14-10-6-4-3-5-7-10/h3-7,9,12H,8H2,1-2H3,(H,11,13)/t15-/m1/s1. The zero-order valence-corrected chi connectivity index (χ0v) is 9.78. The van der Waals surface area contributed by atoms with Crippen molar-refractivity contribution in [2.75, 3.05) is 6.35 Å². The first-order valence-corrected chi connectivity index (χ1v) is 6.59. The van der Waals surface area contributed by atoms with E-state index in [-0.39, 0.29) is 6.04 Å². The Morgan fingerprint density at radius 2 is 2.00 bits per heavy atom. The van der Waals surface area contributed by atoms with Gasteiger partial charge in [0, 0.05) is 6.04 Å². The molecule has 0 saturated carbocycles. The summed E-state index contributed by atoms with van der Waals surface area (Å²) in [6.07, 6.45) is -0.514. The van der Waals surface area contributed by atoms with Crippen LogP contribution in [0.1, 0.15) is 13.8 Å². The largest absolute Gasteiger partial charge is 0.431 e. The van der Waals surface area contributed by atoms with Gasteiger partial charge < -0.3 is 9.63 Å². The molecule has 0 aliphatic rings. The number of aliphatic hydroxyl groups excluding tert-OH is 1. The Kier molecular flexibility index (Phi) is 4.33. The molecule has 1 aromatic rings. The number of aliphatic hydroxyl groups is 1. The number of nitrogens with one attached hydrogen (secondary N) is 1. The van der Waals surface area contributed by atoms with Gasteiger partial charge in [0.25, 0.3) is 0 Å². The van der Waals surface area contributed by atoms with Crippen molar-refractivity contribution < 1.29 is 14.2 Å². The summed E-state index contributed by atoms with van der Waals surface area (Å²) in [5.74, 6) is 0.489. The summed E-state index contributed by atoms with van der Waals surface area (Å²) in [5.41, 5.74) is 0. The molecule has 84 valence electrons. The van der Waals surface area contributed by atoms with Crippen LogP contribution in [-0.2, 0) is 4.57 Å². The van der Waals surface area contributed by atoms with E-state index in [0.29, 0.717) is 5.75 Å². The normalized spacial score (nSPS) is 14.9. The van der Waals surface area contributed by atoms with E-state index in [1.165, 1.54) is 0 Å². The van der Waals surface area contributed by atoms with Crippen molar-refractivity contribution in [1.82, 2.24) is 5.09 Å². The molecule has 0 saturated heterocycles. The molecule has 0 fully saturated rings. The second kappa shape index (κ2) is 5.31. The Balaban J connectivity index is 2.73. The average molecular weight is 229 g/mol. The van der Waals surface area contributed by atoms with Gasteiger partial charge in [-0.1, -0.05) is 18.2 Å². The molecular formula is C10H16NO3P. The summed E-state index contributed by atoms with van der Waals surface area (Å²) in [6, 6.07) is 8.80. The molecular weight excluding hydrogens is 213 g/mol. The molecule has 5 heteroatoms. The smallest absolute Gasteiger partial charge is 0.341 e. The molecule has 0 aliphatic carbocycles. The van der Waals surface area contributed by atoms with E-state index in [4.69, 9.17) is 9.63 Å². The van der Waals surface area contributed by atoms with Crippen LogP contribution < -0.4 is 9.61 Å². The molecule has 0 radical (unpaired) electrons. The molecule has 1 rings (SSSR count). The highest BCUT2D eigenvalue weighted by atomic mass is 31.2. The quantitative estimate of drug-likeness (QED) is 0.760. The Labute approximate surface area is 89.8 Å². The molecule has 0 heterocycles. The van der Waals surface area contributed by atoms with Gasteiger partial charge in [0.2, 0.25) is 0 Å². The van der Waals surface area contributed by atoms with Crippen LogP contribution in [0.15, 0.2) is 30.3 Å². The number of rotatable bonds is 5. The number of para-hydroxylation sites is 1. The van der Waals surface area contributed by atoms with Gasteiger partial charge in [-0.25, -0.2) is 5.09 Å². The molecule has 0 bridgehead atoms. The Bertz CT molecular complexity index is 340. The van der Waals surface area contributed by atoms with Crippen molar-refractivity contribution in [2.24, 2.45) is 0 Å². The van der Waals surface area contributed by atoms with E-state index in [1.807, 2.05) is 19.9 Å². The van der Waals surface area contributed by atoms with Crippen LogP contribution in [0.3, 0.4) is 0 Å². The van der Waals surface area contributed by atoms with E-state index in [2.05, 4.69) is 5.09 Å². The number of hydrogen-bond donors (Lipinski definition) is 2. The third kappa shape index (κ3) is 4.04. The van der Waals surface area contributed by atoms with Crippen molar-refractivity contribution in [3.05, 3.63) is 30.3 Å². The fourth-order valence-corrected chi connectivity index (χ4v) is 2.58. The lowest BCUT2D eigenvalue weighted by atomic mass is 10.3. The van der Waals surface area contributed by atoms with Crippen molar-refractivity contribution in [3.63, 3.8) is 0 Å². The highest BCUT2D eigenvalue weighted by Gasteiger charge is 2.24.